The lowest BCUT2D eigenvalue weighted by molar-refractivity contribution is -0.116. The predicted molar refractivity (Wildman–Crippen MR) is 111 cm³/mol. The fraction of sp³-hybridized carbons (Fsp3) is 0.278. The Balaban J connectivity index is 2.10. The summed E-state index contributed by atoms with van der Waals surface area (Å²) >= 11 is 0. The van der Waals surface area contributed by atoms with Gasteiger partial charge < -0.3 is 10.1 Å². The number of hydrogen-bond donors (Lipinski definition) is 1. The molecule has 29 heavy (non-hydrogen) atoms. The number of methoxy groups -OCH3 is 1. The second kappa shape index (κ2) is 8.80. The molecule has 0 spiro atoms. The van der Waals surface area contributed by atoms with Gasteiger partial charge in [0.15, 0.2) is 0 Å². The monoisotopic (exact) mass is 441 g/mol. The zero-order valence-electron chi connectivity index (χ0n) is 16.5. The van der Waals surface area contributed by atoms with Crippen LogP contribution in [0.2, 0.25) is 0 Å². The molecule has 0 unspecified atom stereocenters. The van der Waals surface area contributed by atoms with Crippen molar-refractivity contribution in [1.29, 1.82) is 0 Å². The van der Waals surface area contributed by atoms with Crippen LogP contribution in [0.5, 0.6) is 5.75 Å². The molecule has 158 valence electrons. The first kappa shape index (κ1) is 22.7. The lowest BCUT2D eigenvalue weighted by Crippen LogP contribution is -2.35. The minimum Gasteiger partial charge on any atom is -0.497 e. The molecule has 1 amide bonds. The molecule has 0 aromatic heterocycles. The van der Waals surface area contributed by atoms with Crippen LogP contribution in [0.25, 0.3) is 0 Å². The lowest BCUT2D eigenvalue weighted by atomic mass is 10.3. The number of rotatable bonds is 8. The summed E-state index contributed by atoms with van der Waals surface area (Å²) < 4.78 is 55.5. The van der Waals surface area contributed by atoms with Crippen molar-refractivity contribution in [2.75, 3.05) is 43.6 Å². The molecule has 9 nitrogen and oxygen atoms in total. The van der Waals surface area contributed by atoms with Crippen molar-refractivity contribution < 1.29 is 26.4 Å². The largest absolute Gasteiger partial charge is 0.497 e. The van der Waals surface area contributed by atoms with E-state index in [-0.39, 0.29) is 4.90 Å². The standard InChI is InChI=1S/C18H23N3O6S2/c1-20(29(25,26)17-10-8-16(27-3)9-11-17)13-18(22)19-14-6-5-7-15(12-14)21(2)28(4,23)24/h5-12H,13H2,1-4H3,(H,19,22). The summed E-state index contributed by atoms with van der Waals surface area (Å²) in [6.45, 7) is -0.416. The van der Waals surface area contributed by atoms with Crippen molar-refractivity contribution >= 4 is 37.3 Å². The van der Waals surface area contributed by atoms with Crippen LogP contribution in [-0.4, -0.2) is 61.1 Å². The number of likely N-dealkylation sites (N-methyl/N-ethyl adjacent to an activating group) is 1. The predicted octanol–water partition coefficient (Wildman–Crippen LogP) is 1.35. The average Bonchev–Trinajstić information content (AvgIpc) is 2.66. The van der Waals surface area contributed by atoms with E-state index in [9.17, 15) is 21.6 Å². The van der Waals surface area contributed by atoms with Gasteiger partial charge in [0.2, 0.25) is 26.0 Å². The molecule has 1 N–H and O–H groups in total. The van der Waals surface area contributed by atoms with Crippen LogP contribution in [0.3, 0.4) is 0 Å². The zero-order valence-corrected chi connectivity index (χ0v) is 18.1. The van der Waals surface area contributed by atoms with Crippen molar-refractivity contribution in [3.8, 4) is 5.75 Å². The Bertz CT molecular complexity index is 1080. The van der Waals surface area contributed by atoms with Gasteiger partial charge >= 0.3 is 0 Å². The Labute approximate surface area is 171 Å². The van der Waals surface area contributed by atoms with E-state index in [4.69, 9.17) is 4.74 Å². The number of ether oxygens (including phenoxy) is 1. The van der Waals surface area contributed by atoms with Gasteiger partial charge in [0, 0.05) is 19.8 Å². The molecule has 0 aliphatic carbocycles. The highest BCUT2D eigenvalue weighted by Crippen LogP contribution is 2.21. The van der Waals surface area contributed by atoms with Crippen LogP contribution in [0, 0.1) is 0 Å². The summed E-state index contributed by atoms with van der Waals surface area (Å²) in [6.07, 6.45) is 1.07. The first-order valence-corrected chi connectivity index (χ1v) is 11.7. The third kappa shape index (κ3) is 5.68. The van der Waals surface area contributed by atoms with Gasteiger partial charge in [-0.3, -0.25) is 9.10 Å². The van der Waals surface area contributed by atoms with Gasteiger partial charge in [-0.2, -0.15) is 4.31 Å². The van der Waals surface area contributed by atoms with E-state index in [1.807, 2.05) is 0 Å². The molecule has 0 aliphatic rings. The number of benzene rings is 2. The molecule has 0 bridgehead atoms. The highest BCUT2D eigenvalue weighted by atomic mass is 32.2. The minimum absolute atomic E-state index is 0.0328. The van der Waals surface area contributed by atoms with Crippen molar-refractivity contribution in [3.63, 3.8) is 0 Å². The maximum atomic E-state index is 12.6. The first-order chi connectivity index (χ1) is 13.4. The average molecular weight is 442 g/mol. The highest BCUT2D eigenvalue weighted by molar-refractivity contribution is 7.92. The van der Waals surface area contributed by atoms with Gasteiger partial charge in [-0.15, -0.1) is 0 Å². The van der Waals surface area contributed by atoms with Gasteiger partial charge in [0.05, 0.1) is 30.5 Å². The van der Waals surface area contributed by atoms with Gasteiger partial charge in [0.25, 0.3) is 0 Å². The van der Waals surface area contributed by atoms with Crippen molar-refractivity contribution in [2.24, 2.45) is 0 Å². The summed E-state index contributed by atoms with van der Waals surface area (Å²) in [7, 11) is -3.15. The fourth-order valence-electron chi connectivity index (χ4n) is 2.39. The third-order valence-corrected chi connectivity index (χ3v) is 7.15. The number of nitrogens with zero attached hydrogens (tertiary/aromatic N) is 2. The second-order valence-electron chi connectivity index (χ2n) is 6.27. The Morgan fingerprint density at radius 2 is 1.66 bits per heavy atom. The molecule has 0 saturated carbocycles. The number of anilines is 2. The van der Waals surface area contributed by atoms with Crippen LogP contribution < -0.4 is 14.4 Å². The molecule has 2 aromatic rings. The molecule has 0 aliphatic heterocycles. The maximum absolute atomic E-state index is 12.6. The number of hydrogen-bond acceptors (Lipinski definition) is 6. The second-order valence-corrected chi connectivity index (χ2v) is 10.3. The van der Waals surface area contributed by atoms with Gasteiger partial charge in [0.1, 0.15) is 5.75 Å². The Morgan fingerprint density at radius 3 is 2.21 bits per heavy atom. The Kier molecular flexibility index (Phi) is 6.88. The molecule has 2 aromatic carbocycles. The number of carbonyl (C=O) groups excluding carboxylic acids is 1. The van der Waals surface area contributed by atoms with Crippen LogP contribution in [0.1, 0.15) is 0 Å². The summed E-state index contributed by atoms with van der Waals surface area (Å²) in [5, 5.41) is 2.57. The van der Waals surface area contributed by atoms with E-state index in [2.05, 4.69) is 5.32 Å². The van der Waals surface area contributed by atoms with E-state index in [0.717, 1.165) is 14.9 Å². The van der Waals surface area contributed by atoms with Gasteiger partial charge in [-0.25, -0.2) is 16.8 Å². The van der Waals surface area contributed by atoms with E-state index >= 15 is 0 Å². The smallest absolute Gasteiger partial charge is 0.243 e. The Hall–Kier alpha value is -2.63. The van der Waals surface area contributed by atoms with Crippen LogP contribution in [0.4, 0.5) is 11.4 Å². The summed E-state index contributed by atoms with van der Waals surface area (Å²) in [4.78, 5) is 12.3. The molecule has 0 radical (unpaired) electrons. The van der Waals surface area contributed by atoms with Crippen LogP contribution in [-0.2, 0) is 24.8 Å². The number of carbonyl (C=O) groups is 1. The fourth-order valence-corrected chi connectivity index (χ4v) is 4.01. The summed E-state index contributed by atoms with van der Waals surface area (Å²) in [6, 6.07) is 12.1. The highest BCUT2D eigenvalue weighted by Gasteiger charge is 2.23. The van der Waals surface area contributed by atoms with Crippen LogP contribution in [0.15, 0.2) is 53.4 Å². The van der Waals surface area contributed by atoms with E-state index in [0.29, 0.717) is 17.1 Å². The van der Waals surface area contributed by atoms with Gasteiger partial charge in [-0.1, -0.05) is 6.07 Å². The molecular weight excluding hydrogens is 418 g/mol. The quantitative estimate of drug-likeness (QED) is 0.662. The van der Waals surface area contributed by atoms with Gasteiger partial charge in [-0.05, 0) is 42.5 Å². The topological polar surface area (TPSA) is 113 Å². The van der Waals surface area contributed by atoms with Crippen molar-refractivity contribution in [3.05, 3.63) is 48.5 Å². The SMILES string of the molecule is COc1ccc(S(=O)(=O)N(C)CC(=O)Nc2cccc(N(C)S(C)(=O)=O)c2)cc1. The summed E-state index contributed by atoms with van der Waals surface area (Å²) in [5.41, 5.74) is 0.711. The normalized spacial score (nSPS) is 11.9. The van der Waals surface area contributed by atoms with Crippen LogP contribution >= 0.6 is 0 Å². The maximum Gasteiger partial charge on any atom is 0.243 e. The molecule has 0 atom stereocenters. The zero-order chi connectivity index (χ0) is 21.8. The first-order valence-electron chi connectivity index (χ1n) is 8.39. The van der Waals surface area contributed by atoms with Crippen molar-refractivity contribution in [2.45, 2.75) is 4.90 Å². The molecule has 0 fully saturated rings. The van der Waals surface area contributed by atoms with Crippen molar-refractivity contribution in [1.82, 2.24) is 4.31 Å². The van der Waals surface area contributed by atoms with E-state index in [1.54, 1.807) is 18.2 Å². The van der Waals surface area contributed by atoms with E-state index < -0.39 is 32.5 Å². The minimum atomic E-state index is -3.86. The lowest BCUT2D eigenvalue weighted by Gasteiger charge is -2.19. The third-order valence-electron chi connectivity index (χ3n) is 4.12. The number of amides is 1. The molecule has 0 heterocycles. The van der Waals surface area contributed by atoms with E-state index in [1.165, 1.54) is 51.5 Å². The molecule has 11 heteroatoms. The number of nitrogens with one attached hydrogen (secondary N) is 1. The summed E-state index contributed by atoms with van der Waals surface area (Å²) in [5.74, 6) is -0.0490. The number of sulfonamides is 2. The molecule has 2 rings (SSSR count). The Morgan fingerprint density at radius 1 is 1.03 bits per heavy atom. The molecule has 0 saturated heterocycles. The molecular formula is C18H23N3O6S2.